The summed E-state index contributed by atoms with van der Waals surface area (Å²) in [4.78, 5) is 14.3. The minimum Gasteiger partial charge on any atom is -0.497 e. The van der Waals surface area contributed by atoms with Crippen molar-refractivity contribution in [3.05, 3.63) is 35.0 Å². The molecule has 1 aliphatic carbocycles. The quantitative estimate of drug-likeness (QED) is 0.849. The van der Waals surface area contributed by atoms with E-state index in [9.17, 15) is 4.79 Å². The molecule has 0 unspecified atom stereocenters. The summed E-state index contributed by atoms with van der Waals surface area (Å²) >= 11 is 0. The monoisotopic (exact) mass is 314 g/mol. The summed E-state index contributed by atoms with van der Waals surface area (Å²) in [5.74, 6) is 1.42. The van der Waals surface area contributed by atoms with Gasteiger partial charge in [0.2, 0.25) is 0 Å². The first-order valence-corrected chi connectivity index (χ1v) is 8.07. The van der Waals surface area contributed by atoms with Gasteiger partial charge in [-0.1, -0.05) is 24.6 Å². The van der Waals surface area contributed by atoms with Gasteiger partial charge >= 0.3 is 0 Å². The summed E-state index contributed by atoms with van der Waals surface area (Å²) in [5, 5.41) is 4.07. The highest BCUT2D eigenvalue weighted by Crippen LogP contribution is 2.37. The summed E-state index contributed by atoms with van der Waals surface area (Å²) < 4.78 is 10.8. The molecule has 1 amide bonds. The molecule has 0 bridgehead atoms. The number of hydrogen-bond acceptors (Lipinski definition) is 4. The molecule has 122 valence electrons. The molecule has 23 heavy (non-hydrogen) atoms. The van der Waals surface area contributed by atoms with Crippen molar-refractivity contribution in [1.29, 1.82) is 0 Å². The number of methoxy groups -OCH3 is 1. The van der Waals surface area contributed by atoms with Crippen LogP contribution in [-0.2, 0) is 12.8 Å². The normalized spacial score (nSPS) is 12.5. The van der Waals surface area contributed by atoms with E-state index in [4.69, 9.17) is 9.26 Å². The molecule has 1 aromatic heterocycles. The van der Waals surface area contributed by atoms with Gasteiger partial charge in [-0.3, -0.25) is 4.79 Å². The fourth-order valence-electron chi connectivity index (χ4n) is 2.97. The van der Waals surface area contributed by atoms with Crippen LogP contribution in [-0.4, -0.2) is 36.7 Å². The molecule has 1 heterocycles. The second-order valence-corrected chi connectivity index (χ2v) is 5.94. The molecule has 0 saturated carbocycles. The minimum absolute atomic E-state index is 0.0604. The number of carbonyl (C=O) groups is 1. The van der Waals surface area contributed by atoms with Crippen LogP contribution >= 0.6 is 0 Å². The smallest absolute Gasteiger partial charge is 0.276 e. The van der Waals surface area contributed by atoms with Crippen LogP contribution in [0.25, 0.3) is 11.3 Å². The van der Waals surface area contributed by atoms with Gasteiger partial charge in [0, 0.05) is 24.7 Å². The standard InChI is InChI=1S/C18H22N2O3/c1-4-5-10-20(2)18(21)16-14-9-7-12-6-8-13(22-3)11-15(12)17(14)23-19-16/h6,8,11H,4-5,7,9-10H2,1-3H3. The number of amides is 1. The zero-order valence-electron chi connectivity index (χ0n) is 13.9. The van der Waals surface area contributed by atoms with Crippen molar-refractivity contribution in [3.8, 4) is 17.1 Å². The first-order chi connectivity index (χ1) is 11.2. The highest BCUT2D eigenvalue weighted by atomic mass is 16.5. The van der Waals surface area contributed by atoms with E-state index in [1.165, 1.54) is 5.56 Å². The molecule has 5 heteroatoms. The Bertz CT molecular complexity index is 721. The Labute approximate surface area is 136 Å². The first-order valence-electron chi connectivity index (χ1n) is 8.07. The number of fused-ring (bicyclic) bond motifs is 3. The lowest BCUT2D eigenvalue weighted by Gasteiger charge is -2.18. The minimum atomic E-state index is -0.0604. The fraction of sp³-hybridized carbons (Fsp3) is 0.444. The average molecular weight is 314 g/mol. The van der Waals surface area contributed by atoms with E-state index in [-0.39, 0.29) is 5.91 Å². The van der Waals surface area contributed by atoms with Crippen molar-refractivity contribution in [3.63, 3.8) is 0 Å². The number of unbranched alkanes of at least 4 members (excludes halogenated alkanes) is 1. The summed E-state index contributed by atoms with van der Waals surface area (Å²) in [6.07, 6.45) is 3.71. The van der Waals surface area contributed by atoms with Crippen molar-refractivity contribution in [2.45, 2.75) is 32.6 Å². The summed E-state index contributed by atoms with van der Waals surface area (Å²) in [5.41, 5.74) is 3.55. The predicted molar refractivity (Wildman–Crippen MR) is 87.8 cm³/mol. The number of aromatic nitrogens is 1. The highest BCUT2D eigenvalue weighted by Gasteiger charge is 2.29. The molecular weight excluding hydrogens is 292 g/mol. The largest absolute Gasteiger partial charge is 0.497 e. The number of nitrogens with zero attached hydrogens (tertiary/aromatic N) is 2. The lowest BCUT2D eigenvalue weighted by atomic mass is 9.89. The van der Waals surface area contributed by atoms with E-state index >= 15 is 0 Å². The molecule has 0 saturated heterocycles. The van der Waals surface area contributed by atoms with Crippen LogP contribution in [0.5, 0.6) is 5.75 Å². The second-order valence-electron chi connectivity index (χ2n) is 5.94. The van der Waals surface area contributed by atoms with Crippen molar-refractivity contribution < 1.29 is 14.1 Å². The SMILES string of the molecule is CCCCN(C)C(=O)c1noc2c1CCc1ccc(OC)cc1-2. The van der Waals surface area contributed by atoms with E-state index in [0.717, 1.165) is 49.1 Å². The van der Waals surface area contributed by atoms with Gasteiger partial charge in [0.25, 0.3) is 5.91 Å². The van der Waals surface area contributed by atoms with Gasteiger partial charge < -0.3 is 14.2 Å². The number of aryl methyl sites for hydroxylation is 1. The molecule has 0 atom stereocenters. The van der Waals surface area contributed by atoms with Crippen LogP contribution in [0.4, 0.5) is 0 Å². The third-order valence-corrected chi connectivity index (χ3v) is 4.39. The van der Waals surface area contributed by atoms with Gasteiger partial charge in [-0.2, -0.15) is 0 Å². The maximum atomic E-state index is 12.6. The lowest BCUT2D eigenvalue weighted by Crippen LogP contribution is -2.29. The molecule has 0 spiro atoms. The molecule has 0 radical (unpaired) electrons. The second kappa shape index (κ2) is 6.44. The van der Waals surface area contributed by atoms with Crippen LogP contribution in [0, 0.1) is 0 Å². The van der Waals surface area contributed by atoms with E-state index in [2.05, 4.69) is 18.1 Å². The number of benzene rings is 1. The van der Waals surface area contributed by atoms with Crippen molar-refractivity contribution in [2.75, 3.05) is 20.7 Å². The molecule has 2 aromatic rings. The summed E-state index contributed by atoms with van der Waals surface area (Å²) in [6.45, 7) is 2.85. The topological polar surface area (TPSA) is 55.6 Å². The van der Waals surface area contributed by atoms with E-state index in [0.29, 0.717) is 11.5 Å². The Morgan fingerprint density at radius 1 is 1.39 bits per heavy atom. The molecule has 0 fully saturated rings. The van der Waals surface area contributed by atoms with E-state index < -0.39 is 0 Å². The average Bonchev–Trinajstić information content (AvgIpc) is 3.02. The molecule has 0 aliphatic heterocycles. The van der Waals surface area contributed by atoms with E-state index in [1.807, 2.05) is 19.2 Å². The summed E-state index contributed by atoms with van der Waals surface area (Å²) in [6, 6.07) is 5.95. The van der Waals surface area contributed by atoms with Crippen LogP contribution in [0.1, 0.15) is 41.4 Å². The lowest BCUT2D eigenvalue weighted by molar-refractivity contribution is 0.0782. The first kappa shape index (κ1) is 15.6. The molecule has 3 rings (SSSR count). The molecule has 0 N–H and O–H groups in total. The van der Waals surface area contributed by atoms with Crippen molar-refractivity contribution in [2.24, 2.45) is 0 Å². The third kappa shape index (κ3) is 2.83. The third-order valence-electron chi connectivity index (χ3n) is 4.39. The zero-order valence-corrected chi connectivity index (χ0v) is 13.9. The molecule has 1 aliphatic rings. The van der Waals surface area contributed by atoms with Crippen molar-refractivity contribution in [1.82, 2.24) is 10.1 Å². The van der Waals surface area contributed by atoms with Gasteiger partial charge in [0.1, 0.15) is 5.75 Å². The maximum absolute atomic E-state index is 12.6. The fourth-order valence-corrected chi connectivity index (χ4v) is 2.97. The summed E-state index contributed by atoms with van der Waals surface area (Å²) in [7, 11) is 3.46. The highest BCUT2D eigenvalue weighted by molar-refractivity contribution is 5.95. The van der Waals surface area contributed by atoms with Gasteiger partial charge in [0.05, 0.1) is 7.11 Å². The number of carbonyl (C=O) groups excluding carboxylic acids is 1. The molecule has 1 aromatic carbocycles. The van der Waals surface area contributed by atoms with Crippen LogP contribution in [0.3, 0.4) is 0 Å². The van der Waals surface area contributed by atoms with Gasteiger partial charge in [-0.25, -0.2) is 0 Å². The van der Waals surface area contributed by atoms with Crippen LogP contribution < -0.4 is 4.74 Å². The van der Waals surface area contributed by atoms with E-state index in [1.54, 1.807) is 12.0 Å². The van der Waals surface area contributed by atoms with Gasteiger partial charge in [0.15, 0.2) is 11.5 Å². The predicted octanol–water partition coefficient (Wildman–Crippen LogP) is 3.32. The Hall–Kier alpha value is -2.30. The Kier molecular flexibility index (Phi) is 4.37. The van der Waals surface area contributed by atoms with Crippen LogP contribution in [0.2, 0.25) is 0 Å². The Morgan fingerprint density at radius 2 is 2.22 bits per heavy atom. The number of hydrogen-bond donors (Lipinski definition) is 0. The van der Waals surface area contributed by atoms with Gasteiger partial charge in [-0.05, 0) is 37.0 Å². The Balaban J connectivity index is 1.94. The Morgan fingerprint density at radius 3 is 2.96 bits per heavy atom. The maximum Gasteiger partial charge on any atom is 0.276 e. The number of ether oxygens (including phenoxy) is 1. The van der Waals surface area contributed by atoms with Gasteiger partial charge in [-0.15, -0.1) is 0 Å². The molecular formula is C18H22N2O3. The van der Waals surface area contributed by atoms with Crippen molar-refractivity contribution >= 4 is 5.91 Å². The van der Waals surface area contributed by atoms with Crippen LogP contribution in [0.15, 0.2) is 22.7 Å². The molecule has 5 nitrogen and oxygen atoms in total. The number of rotatable bonds is 5. The zero-order chi connectivity index (χ0) is 16.4.